The number of halogens is 1. The molecule has 1 N–H and O–H groups in total. The van der Waals surface area contributed by atoms with Gasteiger partial charge < -0.3 is 9.45 Å². The molecule has 0 aliphatic heterocycles. The van der Waals surface area contributed by atoms with Crippen LogP contribution in [0.4, 0.5) is 0 Å². The van der Waals surface area contributed by atoms with Crippen LogP contribution in [0.5, 0.6) is 0 Å². The number of nitrogens with zero attached hydrogens (tertiary/aromatic N) is 1. The van der Waals surface area contributed by atoms with Gasteiger partial charge in [0.15, 0.2) is 0 Å². The van der Waals surface area contributed by atoms with E-state index in [0.29, 0.717) is 6.42 Å². The lowest BCUT2D eigenvalue weighted by Crippen LogP contribution is -2.01. The molecule has 0 amide bonds. The van der Waals surface area contributed by atoms with Gasteiger partial charge in [-0.15, -0.1) is 0 Å². The zero-order valence-corrected chi connectivity index (χ0v) is 10.8. The summed E-state index contributed by atoms with van der Waals surface area (Å²) in [6.07, 6.45) is 0.666. The molecule has 0 aromatic heterocycles. The summed E-state index contributed by atoms with van der Waals surface area (Å²) in [7, 11) is 3.12. The van der Waals surface area contributed by atoms with Crippen LogP contribution in [-0.2, 0) is 20.0 Å². The summed E-state index contributed by atoms with van der Waals surface area (Å²) in [4.78, 5) is 2.00. The highest BCUT2D eigenvalue weighted by Crippen LogP contribution is 1.92. The Hall–Kier alpha value is 0.770. The van der Waals surface area contributed by atoms with Crippen molar-refractivity contribution in [1.82, 2.24) is 4.90 Å². The van der Waals surface area contributed by atoms with Crippen LogP contribution in [0.3, 0.4) is 0 Å². The van der Waals surface area contributed by atoms with E-state index < -0.39 is 8.77 Å². The summed E-state index contributed by atoms with van der Waals surface area (Å²) in [5, 5.41) is 0.737. The smallest absolute Gasteiger partial charge is 0.141 e. The number of rotatable bonds is 3. The maximum atomic E-state index is 10.3. The lowest BCUT2D eigenvalue weighted by molar-refractivity contribution is 0.505. The molecule has 0 saturated carbocycles. The number of hydrogen-bond donors (Lipinski definition) is 1. The zero-order valence-electron chi connectivity index (χ0n) is 7.62. The molecular formula is C6H16BrNO2S2. The highest BCUT2D eigenvalue weighted by molar-refractivity contribution is 9.09. The second-order valence-corrected chi connectivity index (χ2v) is 6.60. The third-order valence-electron chi connectivity index (χ3n) is 0.536. The van der Waals surface area contributed by atoms with Crippen LogP contribution in [0, 0.1) is 0 Å². The SMILES string of the molecule is CN(C)C.O=S(O)(=S)CCCBr. The van der Waals surface area contributed by atoms with Crippen molar-refractivity contribution in [3.63, 3.8) is 0 Å². The van der Waals surface area contributed by atoms with Crippen molar-refractivity contribution >= 4 is 35.9 Å². The van der Waals surface area contributed by atoms with E-state index in [1.807, 2.05) is 26.0 Å². The molecule has 0 aromatic carbocycles. The molecule has 12 heavy (non-hydrogen) atoms. The van der Waals surface area contributed by atoms with E-state index in [1.54, 1.807) is 0 Å². The molecule has 0 bridgehead atoms. The summed E-state index contributed by atoms with van der Waals surface area (Å²) in [5.74, 6) is 0.216. The van der Waals surface area contributed by atoms with Gasteiger partial charge in [-0.3, -0.25) is 0 Å². The van der Waals surface area contributed by atoms with E-state index in [2.05, 4.69) is 27.1 Å². The molecular weight excluding hydrogens is 262 g/mol. The fourth-order valence-corrected chi connectivity index (χ4v) is 1.75. The number of alkyl halides is 1. The first kappa shape index (κ1) is 15.3. The Labute approximate surface area is 88.2 Å². The van der Waals surface area contributed by atoms with Crippen molar-refractivity contribution in [3.05, 3.63) is 0 Å². The van der Waals surface area contributed by atoms with Gasteiger partial charge in [0.25, 0.3) is 0 Å². The molecule has 0 heterocycles. The van der Waals surface area contributed by atoms with Crippen molar-refractivity contribution in [3.8, 4) is 0 Å². The first-order chi connectivity index (χ1) is 5.29. The van der Waals surface area contributed by atoms with Gasteiger partial charge in [0.05, 0.1) is 5.75 Å². The van der Waals surface area contributed by atoms with E-state index in [-0.39, 0.29) is 5.75 Å². The monoisotopic (exact) mass is 277 g/mol. The van der Waals surface area contributed by atoms with Crippen molar-refractivity contribution in [2.45, 2.75) is 6.42 Å². The van der Waals surface area contributed by atoms with Crippen LogP contribution in [0.1, 0.15) is 6.42 Å². The summed E-state index contributed by atoms with van der Waals surface area (Å²) >= 11 is 7.33. The van der Waals surface area contributed by atoms with Gasteiger partial charge in [-0.05, 0) is 27.6 Å². The van der Waals surface area contributed by atoms with E-state index in [4.69, 9.17) is 4.55 Å². The third-order valence-corrected chi connectivity index (χ3v) is 2.40. The molecule has 0 fully saturated rings. The topological polar surface area (TPSA) is 40.5 Å². The Balaban J connectivity index is 0. The van der Waals surface area contributed by atoms with Gasteiger partial charge in [0, 0.05) is 16.5 Å². The Morgan fingerprint density at radius 2 is 1.83 bits per heavy atom. The minimum atomic E-state index is -2.88. The molecule has 6 heteroatoms. The molecule has 0 aliphatic carbocycles. The molecule has 0 aromatic rings. The van der Waals surface area contributed by atoms with Gasteiger partial charge in [-0.1, -0.05) is 15.9 Å². The molecule has 0 spiro atoms. The normalized spacial score (nSPS) is 14.8. The highest BCUT2D eigenvalue weighted by atomic mass is 79.9. The van der Waals surface area contributed by atoms with E-state index in [1.165, 1.54) is 0 Å². The second-order valence-electron chi connectivity index (χ2n) is 2.67. The van der Waals surface area contributed by atoms with Crippen LogP contribution in [0.15, 0.2) is 0 Å². The Bertz CT molecular complexity index is 177. The quantitative estimate of drug-likeness (QED) is 0.787. The Morgan fingerprint density at radius 1 is 1.50 bits per heavy atom. The maximum Gasteiger partial charge on any atom is 0.141 e. The predicted octanol–water partition coefficient (Wildman–Crippen LogP) is 1.17. The average Bonchev–Trinajstić information content (AvgIpc) is 1.80. The van der Waals surface area contributed by atoms with E-state index in [0.717, 1.165) is 5.33 Å². The van der Waals surface area contributed by atoms with Crippen molar-refractivity contribution < 1.29 is 8.76 Å². The van der Waals surface area contributed by atoms with Crippen molar-refractivity contribution in [1.29, 1.82) is 0 Å². The largest absolute Gasteiger partial charge is 0.312 e. The molecule has 0 saturated heterocycles. The van der Waals surface area contributed by atoms with E-state index in [9.17, 15) is 4.21 Å². The van der Waals surface area contributed by atoms with E-state index >= 15 is 0 Å². The standard InChI is InChI=1S/C3H7BrO2S2.C3H9N/c4-2-1-3-8(5,6)7;1-4(2)3/h1-3H2,(H,5,6,7);1-3H3. The van der Waals surface area contributed by atoms with Crippen LogP contribution in [0.2, 0.25) is 0 Å². The fraction of sp³-hybridized carbons (Fsp3) is 1.00. The summed E-state index contributed by atoms with van der Waals surface area (Å²) in [5.41, 5.74) is 0. The van der Waals surface area contributed by atoms with Crippen LogP contribution in [-0.4, -0.2) is 45.9 Å². The first-order valence-electron chi connectivity index (χ1n) is 3.41. The predicted molar refractivity (Wildman–Crippen MR) is 61.0 cm³/mol. The molecule has 1 unspecified atom stereocenters. The van der Waals surface area contributed by atoms with Gasteiger partial charge >= 0.3 is 0 Å². The molecule has 0 rings (SSSR count). The third kappa shape index (κ3) is 30.9. The summed E-state index contributed by atoms with van der Waals surface area (Å²) < 4.78 is 18.8. The molecule has 0 radical (unpaired) electrons. The maximum absolute atomic E-state index is 10.3. The molecule has 1 atom stereocenters. The van der Waals surface area contributed by atoms with Gasteiger partial charge in [0.2, 0.25) is 0 Å². The van der Waals surface area contributed by atoms with Crippen LogP contribution < -0.4 is 0 Å². The van der Waals surface area contributed by atoms with Gasteiger partial charge in [-0.2, -0.15) is 0 Å². The Morgan fingerprint density at radius 3 is 1.92 bits per heavy atom. The van der Waals surface area contributed by atoms with Gasteiger partial charge in [0.1, 0.15) is 8.77 Å². The Kier molecular flexibility index (Phi) is 10.6. The van der Waals surface area contributed by atoms with Crippen molar-refractivity contribution in [2.75, 3.05) is 32.2 Å². The molecule has 76 valence electrons. The minimum Gasteiger partial charge on any atom is -0.312 e. The van der Waals surface area contributed by atoms with Crippen molar-refractivity contribution in [2.24, 2.45) is 0 Å². The number of hydrogen-bond acceptors (Lipinski definition) is 3. The average molecular weight is 278 g/mol. The fourth-order valence-electron chi connectivity index (χ4n) is 0.237. The summed E-state index contributed by atoms with van der Waals surface area (Å²) in [6.45, 7) is 0. The van der Waals surface area contributed by atoms with Gasteiger partial charge in [-0.25, -0.2) is 4.21 Å². The first-order valence-corrected chi connectivity index (χ1v) is 7.14. The summed E-state index contributed by atoms with van der Waals surface area (Å²) in [6, 6.07) is 0. The lowest BCUT2D eigenvalue weighted by Gasteiger charge is -1.92. The minimum absolute atomic E-state index is 0.216. The van der Waals surface area contributed by atoms with Crippen LogP contribution >= 0.6 is 15.9 Å². The second kappa shape index (κ2) is 8.37. The molecule has 3 nitrogen and oxygen atoms in total. The molecule has 0 aliphatic rings. The zero-order chi connectivity index (χ0) is 10.2. The lowest BCUT2D eigenvalue weighted by atomic mass is 10.6. The highest BCUT2D eigenvalue weighted by Gasteiger charge is 1.96. The van der Waals surface area contributed by atoms with Crippen LogP contribution in [0.25, 0.3) is 0 Å².